The van der Waals surface area contributed by atoms with E-state index in [1.165, 1.54) is 13.2 Å². The van der Waals surface area contributed by atoms with Crippen LogP contribution in [0.1, 0.15) is 116 Å². The second-order valence-electron chi connectivity index (χ2n) is 19.7. The van der Waals surface area contributed by atoms with Gasteiger partial charge in [-0.3, -0.25) is 4.79 Å². The number of aliphatic hydroxyl groups excluding tert-OH is 3. The summed E-state index contributed by atoms with van der Waals surface area (Å²) < 4.78 is 48.9. The van der Waals surface area contributed by atoms with Crippen LogP contribution in [0, 0.1) is 11.8 Å². The summed E-state index contributed by atoms with van der Waals surface area (Å²) in [6, 6.07) is -0.882. The second kappa shape index (κ2) is 26.4. The average molecular weight is 1040 g/mol. The molecule has 0 aromatic carbocycles. The van der Waals surface area contributed by atoms with Crippen molar-refractivity contribution in [3.63, 3.8) is 0 Å². The number of nitrogens with zero attached hydrogens (tertiary/aromatic N) is 1. The Labute approximate surface area is 421 Å². The molecule has 70 heavy (non-hydrogen) atoms. The number of halogens is 1. The lowest BCUT2D eigenvalue weighted by atomic mass is 9.79. The maximum absolute atomic E-state index is 13.7. The lowest BCUT2D eigenvalue weighted by Gasteiger charge is -2.44. The first-order chi connectivity index (χ1) is 33.5. The SMILES string of the molecule is C=C1C[C@@H]2C[C@@H]3C[C@@H](O)C[C@@H](O3)c3coc(n3)/C=C/C[C@H]3O[C@@H](/C(C)=C/[C@H](CO)NC(=O)C[C@]4(O)C[C@H](OC)C[C@H]([C@H](O)/C=C(C)/C=C/[C@@H](C/C=C/Br)OC)O4)[C@H](C)[C@@H](OC(=O)/C=C\C[C@@H](C1)O2)[C@H]3C. The van der Waals surface area contributed by atoms with Crippen molar-refractivity contribution in [2.75, 3.05) is 20.8 Å². The molecule has 5 N–H and O–H groups in total. The van der Waals surface area contributed by atoms with Crippen molar-refractivity contribution in [3.8, 4) is 0 Å². The minimum absolute atomic E-state index is 0.0179. The molecule has 16 nitrogen and oxygen atoms in total. The number of carbonyl (C=O) groups excluding carboxylic acids is 2. The molecule has 6 rings (SSSR count). The summed E-state index contributed by atoms with van der Waals surface area (Å²) in [6.07, 6.45) is 15.7. The van der Waals surface area contributed by atoms with Crippen molar-refractivity contribution in [2.24, 2.45) is 11.8 Å². The molecule has 8 bridgehead atoms. The zero-order valence-electron chi connectivity index (χ0n) is 41.4. The largest absolute Gasteiger partial charge is 0.458 e. The van der Waals surface area contributed by atoms with Gasteiger partial charge in [-0.1, -0.05) is 90.0 Å². The number of methoxy groups -OCH3 is 2. The number of aromatic nitrogens is 1. The zero-order chi connectivity index (χ0) is 50.5. The predicted octanol–water partition coefficient (Wildman–Crippen LogP) is 6.94. The number of carbonyl (C=O) groups is 2. The van der Waals surface area contributed by atoms with E-state index < -0.39 is 85.6 Å². The maximum atomic E-state index is 13.7. The van der Waals surface area contributed by atoms with Crippen LogP contribution in [0.5, 0.6) is 0 Å². The van der Waals surface area contributed by atoms with Crippen molar-refractivity contribution in [2.45, 2.75) is 183 Å². The molecule has 16 atom stereocenters. The number of esters is 1. The minimum atomic E-state index is -1.98. The van der Waals surface area contributed by atoms with Gasteiger partial charge in [-0.2, -0.15) is 0 Å². The number of hydrogen-bond donors (Lipinski definition) is 5. The van der Waals surface area contributed by atoms with Crippen LogP contribution in [0.25, 0.3) is 6.08 Å². The van der Waals surface area contributed by atoms with Gasteiger partial charge in [0.05, 0.1) is 80.1 Å². The molecule has 5 aliphatic heterocycles. The average Bonchev–Trinajstić information content (AvgIpc) is 3.79. The molecule has 0 spiro atoms. The summed E-state index contributed by atoms with van der Waals surface area (Å²) in [4.78, 5) is 33.7. The fraction of sp³-hybridized carbons (Fsp3) is 0.642. The van der Waals surface area contributed by atoms with Gasteiger partial charge in [0, 0.05) is 57.8 Å². The van der Waals surface area contributed by atoms with Crippen LogP contribution >= 0.6 is 15.9 Å². The summed E-state index contributed by atoms with van der Waals surface area (Å²) in [7, 11) is 3.12. The lowest BCUT2D eigenvalue weighted by Crippen LogP contribution is -2.53. The van der Waals surface area contributed by atoms with E-state index in [2.05, 4.69) is 27.8 Å². The fourth-order valence-corrected chi connectivity index (χ4v) is 10.6. The molecule has 5 aliphatic rings. The first-order valence-corrected chi connectivity index (χ1v) is 25.5. The molecule has 4 fully saturated rings. The highest BCUT2D eigenvalue weighted by molar-refractivity contribution is 9.11. The van der Waals surface area contributed by atoms with E-state index in [1.54, 1.807) is 42.7 Å². The molecule has 0 unspecified atom stereocenters. The molecule has 0 aliphatic carbocycles. The molecular formula is C53H75BrN2O14. The standard InChI is InChI=1S/C53H75BrN2O14/c1-31(16-17-38(63-6)12-10-18-54)21-44(59)47-26-42(64-7)27-53(62,70-47)28-48(60)55-36(29-57)22-33(3)51-35(5)52-34(4)45(68-51)13-9-14-49-56-43(30-65-49)46-24-37(58)23-41(67-46)25-40-20-32(2)19-39(66-40)11-8-15-50(61)69-52/h8-10,14-18,21-22,30,34-42,44-47,51-52,57-59,62H,2,11-13,19-20,23-29H2,1,3-7H3,(H,55,60)/b14-9+,15-8-,17-16+,18-10+,31-21+,33-22+/t34-,35-,36+,37+,38+,39-,40+,41-,42+,44+,45+,46+,47+,51-,52-,53-/m0/s1. The van der Waals surface area contributed by atoms with E-state index in [1.807, 2.05) is 52.0 Å². The van der Waals surface area contributed by atoms with E-state index in [-0.39, 0.29) is 49.1 Å². The van der Waals surface area contributed by atoms with Crippen molar-refractivity contribution in [1.29, 1.82) is 0 Å². The van der Waals surface area contributed by atoms with Gasteiger partial charge >= 0.3 is 5.97 Å². The third-order valence-corrected chi connectivity index (χ3v) is 14.3. The number of aliphatic hydroxyl groups is 4. The van der Waals surface area contributed by atoms with E-state index in [0.29, 0.717) is 68.5 Å². The van der Waals surface area contributed by atoms with Crippen LogP contribution in [-0.4, -0.2) is 137 Å². The third kappa shape index (κ3) is 16.0. The lowest BCUT2D eigenvalue weighted by molar-refractivity contribution is -0.285. The normalized spacial score (nSPS) is 36.2. The molecule has 0 saturated carbocycles. The van der Waals surface area contributed by atoms with Crippen LogP contribution < -0.4 is 5.32 Å². The Bertz CT molecular complexity index is 2080. The van der Waals surface area contributed by atoms with Gasteiger partial charge in [0.1, 0.15) is 24.2 Å². The first kappa shape index (κ1) is 55.7. The highest BCUT2D eigenvalue weighted by Gasteiger charge is 2.46. The zero-order valence-corrected chi connectivity index (χ0v) is 43.0. The van der Waals surface area contributed by atoms with Crippen molar-refractivity contribution >= 4 is 33.9 Å². The Kier molecular flexibility index (Phi) is 21.0. The molecule has 4 saturated heterocycles. The monoisotopic (exact) mass is 1040 g/mol. The second-order valence-corrected chi connectivity index (χ2v) is 20.3. The fourth-order valence-electron chi connectivity index (χ4n) is 10.4. The number of nitrogens with one attached hydrogen (secondary N) is 1. The number of oxazole rings is 1. The molecular weight excluding hydrogens is 968 g/mol. The van der Waals surface area contributed by atoms with Gasteiger partial charge in [-0.25, -0.2) is 9.78 Å². The van der Waals surface area contributed by atoms with Gasteiger partial charge < -0.3 is 63.3 Å². The number of fused-ring (bicyclic) bond motifs is 9. The first-order valence-electron chi connectivity index (χ1n) is 24.6. The van der Waals surface area contributed by atoms with Crippen molar-refractivity contribution in [3.05, 3.63) is 94.7 Å². The predicted molar refractivity (Wildman–Crippen MR) is 265 cm³/mol. The Balaban J connectivity index is 1.16. The molecule has 1 aromatic heterocycles. The van der Waals surface area contributed by atoms with Crippen molar-refractivity contribution in [1.82, 2.24) is 10.3 Å². The smallest absolute Gasteiger partial charge is 0.330 e. The topological polar surface area (TPSA) is 218 Å². The Morgan fingerprint density at radius 1 is 1.03 bits per heavy atom. The number of amides is 1. The molecule has 17 heteroatoms. The van der Waals surface area contributed by atoms with Gasteiger partial charge in [-0.05, 0) is 69.0 Å². The van der Waals surface area contributed by atoms with Crippen LogP contribution in [0.2, 0.25) is 0 Å². The highest BCUT2D eigenvalue weighted by atomic mass is 79.9. The van der Waals surface area contributed by atoms with E-state index >= 15 is 0 Å². The van der Waals surface area contributed by atoms with Crippen LogP contribution in [0.3, 0.4) is 0 Å². The van der Waals surface area contributed by atoms with Crippen molar-refractivity contribution < 1.29 is 67.6 Å². The summed E-state index contributed by atoms with van der Waals surface area (Å²) in [5.41, 5.74) is 3.10. The van der Waals surface area contributed by atoms with Gasteiger partial charge in [0.15, 0.2) is 5.79 Å². The van der Waals surface area contributed by atoms with Crippen LogP contribution in [0.4, 0.5) is 0 Å². The number of rotatable bonds is 14. The van der Waals surface area contributed by atoms with Gasteiger partial charge in [0.25, 0.3) is 0 Å². The van der Waals surface area contributed by atoms with Crippen LogP contribution in [0.15, 0.2) is 87.6 Å². The molecule has 1 aromatic rings. The summed E-state index contributed by atoms with van der Waals surface area (Å²) >= 11 is 3.27. The number of allylic oxidation sites excluding steroid dienone is 2. The van der Waals surface area contributed by atoms with Gasteiger partial charge in [0.2, 0.25) is 11.8 Å². The Morgan fingerprint density at radius 2 is 1.80 bits per heavy atom. The van der Waals surface area contributed by atoms with E-state index in [9.17, 15) is 30.0 Å². The molecule has 6 heterocycles. The molecule has 0 radical (unpaired) electrons. The van der Waals surface area contributed by atoms with Gasteiger partial charge in [-0.15, -0.1) is 0 Å². The maximum Gasteiger partial charge on any atom is 0.330 e. The number of ether oxygens (including phenoxy) is 7. The summed E-state index contributed by atoms with van der Waals surface area (Å²) in [6.45, 7) is 11.4. The Morgan fingerprint density at radius 3 is 2.54 bits per heavy atom. The summed E-state index contributed by atoms with van der Waals surface area (Å²) in [5, 5.41) is 47.1. The van der Waals surface area contributed by atoms with E-state index in [4.69, 9.17) is 42.6 Å². The minimum Gasteiger partial charge on any atom is -0.458 e. The Hall–Kier alpha value is -3.59. The summed E-state index contributed by atoms with van der Waals surface area (Å²) in [5.74, 6) is -3.29. The van der Waals surface area contributed by atoms with Crippen LogP contribution in [-0.2, 0) is 42.7 Å². The quantitative estimate of drug-likeness (QED) is 0.0725. The molecule has 388 valence electrons. The van der Waals surface area contributed by atoms with E-state index in [0.717, 1.165) is 11.1 Å². The highest BCUT2D eigenvalue weighted by Crippen LogP contribution is 2.39. The molecule has 1 amide bonds. The third-order valence-electron chi connectivity index (χ3n) is 13.9. The number of hydrogen-bond acceptors (Lipinski definition) is 15.